The number of hydrogen-bond acceptors (Lipinski definition) is 3. The van der Waals surface area contributed by atoms with Crippen molar-refractivity contribution >= 4 is 23.6 Å². The van der Waals surface area contributed by atoms with Gasteiger partial charge < -0.3 is 10.4 Å². The van der Waals surface area contributed by atoms with Gasteiger partial charge in [0.05, 0.1) is 12.1 Å². The van der Waals surface area contributed by atoms with Crippen molar-refractivity contribution in [2.75, 3.05) is 5.32 Å². The van der Waals surface area contributed by atoms with Crippen molar-refractivity contribution in [3.05, 3.63) is 29.6 Å². The van der Waals surface area contributed by atoms with Crippen molar-refractivity contribution in [3.63, 3.8) is 0 Å². The van der Waals surface area contributed by atoms with Gasteiger partial charge in [-0.2, -0.15) is 0 Å². The van der Waals surface area contributed by atoms with Crippen LogP contribution in [0.3, 0.4) is 0 Å². The summed E-state index contributed by atoms with van der Waals surface area (Å²) in [6, 6.07) is 0.181. The van der Waals surface area contributed by atoms with E-state index in [1.54, 1.807) is 10.6 Å². The largest absolute Gasteiger partial charge is 0.481 e. The van der Waals surface area contributed by atoms with Gasteiger partial charge in [0.15, 0.2) is 17.5 Å². The molecule has 0 fully saturated rings. The Morgan fingerprint density at radius 2 is 1.70 bits per heavy atom. The van der Waals surface area contributed by atoms with Crippen LogP contribution < -0.4 is 10.6 Å². The zero-order valence-electron chi connectivity index (χ0n) is 9.87. The minimum Gasteiger partial charge on any atom is -0.481 e. The van der Waals surface area contributed by atoms with Crippen LogP contribution in [0.5, 0.6) is 0 Å². The Balaban J connectivity index is 2.61. The highest BCUT2D eigenvalue weighted by atomic mass is 19.2. The predicted octanol–water partition coefficient (Wildman–Crippen LogP) is 1.62. The van der Waals surface area contributed by atoms with Crippen molar-refractivity contribution in [2.45, 2.75) is 12.8 Å². The highest BCUT2D eigenvalue weighted by Crippen LogP contribution is 2.19. The zero-order chi connectivity index (χ0) is 15.3. The number of anilines is 1. The highest BCUT2D eigenvalue weighted by molar-refractivity contribution is 6.01. The number of halogens is 3. The number of imide groups is 1. The average molecular weight is 290 g/mol. The number of benzene rings is 1. The molecule has 0 heterocycles. The maximum absolute atomic E-state index is 13.2. The maximum atomic E-state index is 13.2. The van der Waals surface area contributed by atoms with Gasteiger partial charge in [0.25, 0.3) is 0 Å². The second kappa shape index (κ2) is 6.55. The van der Waals surface area contributed by atoms with E-state index in [9.17, 15) is 27.6 Å². The molecule has 1 rings (SSSR count). The molecular formula is C11H9F3N2O4. The van der Waals surface area contributed by atoms with Crippen molar-refractivity contribution in [1.82, 2.24) is 5.32 Å². The molecule has 0 radical (unpaired) electrons. The summed E-state index contributed by atoms with van der Waals surface area (Å²) in [5.74, 6) is -6.94. The smallest absolute Gasteiger partial charge is 0.325 e. The maximum Gasteiger partial charge on any atom is 0.325 e. The second-order valence-corrected chi connectivity index (χ2v) is 3.62. The molecule has 20 heavy (non-hydrogen) atoms. The van der Waals surface area contributed by atoms with Crippen LogP contribution in [0, 0.1) is 17.5 Å². The molecule has 0 aliphatic heterocycles. The Kier molecular flexibility index (Phi) is 5.07. The fraction of sp³-hybridized carbons (Fsp3) is 0.182. The van der Waals surface area contributed by atoms with Crippen LogP contribution >= 0.6 is 0 Å². The van der Waals surface area contributed by atoms with E-state index >= 15 is 0 Å². The van der Waals surface area contributed by atoms with E-state index in [-0.39, 0.29) is 0 Å². The first-order valence-electron chi connectivity index (χ1n) is 5.27. The van der Waals surface area contributed by atoms with Crippen LogP contribution in [0.2, 0.25) is 0 Å². The minimum absolute atomic E-state index is 0.455. The summed E-state index contributed by atoms with van der Waals surface area (Å²) in [6.45, 7) is 0. The molecule has 3 N–H and O–H groups in total. The molecule has 0 aromatic heterocycles. The second-order valence-electron chi connectivity index (χ2n) is 3.62. The molecule has 6 nitrogen and oxygen atoms in total. The lowest BCUT2D eigenvalue weighted by atomic mass is 10.3. The molecule has 1 aromatic carbocycles. The van der Waals surface area contributed by atoms with E-state index in [0.717, 1.165) is 6.07 Å². The number of amides is 3. The van der Waals surface area contributed by atoms with E-state index in [4.69, 9.17) is 5.11 Å². The number of carbonyl (C=O) groups excluding carboxylic acids is 2. The lowest BCUT2D eigenvalue weighted by Crippen LogP contribution is -2.34. The standard InChI is InChI=1S/C11H9F3N2O4/c12-5-1-2-6(10(14)9(5)13)15-11(20)16-7(17)3-4-8(18)19/h1-2H,3-4H2,(H,18,19)(H2,15,16,17,20). The van der Waals surface area contributed by atoms with Gasteiger partial charge >= 0.3 is 12.0 Å². The third-order valence-electron chi connectivity index (χ3n) is 2.10. The predicted molar refractivity (Wildman–Crippen MR) is 60.3 cm³/mol. The number of nitrogens with one attached hydrogen (secondary N) is 2. The molecule has 3 amide bonds. The van der Waals surface area contributed by atoms with Crippen molar-refractivity contribution in [1.29, 1.82) is 0 Å². The molecule has 0 aliphatic rings. The fourth-order valence-electron chi connectivity index (χ4n) is 1.19. The fourth-order valence-corrected chi connectivity index (χ4v) is 1.19. The molecule has 1 aromatic rings. The lowest BCUT2D eigenvalue weighted by Gasteiger charge is -2.07. The molecule has 0 aliphatic carbocycles. The van der Waals surface area contributed by atoms with Crippen molar-refractivity contribution in [3.8, 4) is 0 Å². The highest BCUT2D eigenvalue weighted by Gasteiger charge is 2.16. The summed E-state index contributed by atoms with van der Waals surface area (Å²) in [6.07, 6.45) is -0.943. The topological polar surface area (TPSA) is 95.5 Å². The Hall–Kier alpha value is -2.58. The van der Waals surface area contributed by atoms with Gasteiger partial charge in [-0.15, -0.1) is 0 Å². The SMILES string of the molecule is O=C(O)CCC(=O)NC(=O)Nc1ccc(F)c(F)c1F. The molecule has 9 heteroatoms. The van der Waals surface area contributed by atoms with Gasteiger partial charge in [-0.1, -0.05) is 0 Å². The van der Waals surface area contributed by atoms with Gasteiger partial charge in [0, 0.05) is 6.42 Å². The first-order valence-corrected chi connectivity index (χ1v) is 5.27. The molecule has 0 saturated carbocycles. The Morgan fingerprint density at radius 1 is 1.05 bits per heavy atom. The van der Waals surface area contributed by atoms with E-state index in [2.05, 4.69) is 0 Å². The first kappa shape index (κ1) is 15.5. The van der Waals surface area contributed by atoms with Crippen molar-refractivity contribution in [2.24, 2.45) is 0 Å². The summed E-state index contributed by atoms with van der Waals surface area (Å²) < 4.78 is 38.7. The van der Waals surface area contributed by atoms with Gasteiger partial charge in [-0.25, -0.2) is 18.0 Å². The van der Waals surface area contributed by atoms with E-state index in [1.807, 2.05) is 0 Å². The average Bonchev–Trinajstić information content (AvgIpc) is 2.37. The summed E-state index contributed by atoms with van der Waals surface area (Å²) >= 11 is 0. The number of carboxylic acids is 1. The lowest BCUT2D eigenvalue weighted by molar-refractivity contribution is -0.138. The Morgan fingerprint density at radius 3 is 2.30 bits per heavy atom. The first-order chi connectivity index (χ1) is 9.31. The molecule has 0 unspecified atom stereocenters. The van der Waals surface area contributed by atoms with Crippen LogP contribution in [-0.4, -0.2) is 23.0 Å². The van der Waals surface area contributed by atoms with Crippen LogP contribution in [0.4, 0.5) is 23.7 Å². The normalized spacial score (nSPS) is 9.95. The molecule has 0 bridgehead atoms. The van der Waals surface area contributed by atoms with Gasteiger partial charge in [0.2, 0.25) is 5.91 Å². The quantitative estimate of drug-likeness (QED) is 0.734. The Bertz CT molecular complexity index is 563. The Labute approximate surface area is 110 Å². The summed E-state index contributed by atoms with van der Waals surface area (Å²) in [7, 11) is 0. The number of carbonyl (C=O) groups is 3. The molecule has 0 spiro atoms. The molecular weight excluding hydrogens is 281 g/mol. The zero-order valence-corrected chi connectivity index (χ0v) is 9.87. The van der Waals surface area contributed by atoms with E-state index in [1.165, 1.54) is 0 Å². The monoisotopic (exact) mass is 290 g/mol. The van der Waals surface area contributed by atoms with Gasteiger partial charge in [0.1, 0.15) is 0 Å². The molecule has 0 atom stereocenters. The third kappa shape index (κ3) is 4.26. The number of hydrogen-bond donors (Lipinski definition) is 3. The van der Waals surface area contributed by atoms with Crippen molar-refractivity contribution < 1.29 is 32.7 Å². The third-order valence-corrected chi connectivity index (χ3v) is 2.10. The number of aliphatic carboxylic acids is 1. The molecule has 0 saturated heterocycles. The summed E-state index contributed by atoms with van der Waals surface area (Å²) in [5, 5.41) is 11.8. The molecule has 108 valence electrons. The number of urea groups is 1. The summed E-state index contributed by atoms with van der Waals surface area (Å²) in [5.41, 5.74) is -0.660. The van der Waals surface area contributed by atoms with Crippen LogP contribution in [0.15, 0.2) is 12.1 Å². The van der Waals surface area contributed by atoms with Crippen LogP contribution in [-0.2, 0) is 9.59 Å². The van der Waals surface area contributed by atoms with Crippen LogP contribution in [0.25, 0.3) is 0 Å². The van der Waals surface area contributed by atoms with Gasteiger partial charge in [-0.05, 0) is 12.1 Å². The number of rotatable bonds is 4. The van der Waals surface area contributed by atoms with Gasteiger partial charge in [-0.3, -0.25) is 14.9 Å². The van der Waals surface area contributed by atoms with E-state index in [0.29, 0.717) is 6.07 Å². The minimum atomic E-state index is -1.76. The van der Waals surface area contributed by atoms with E-state index < -0.39 is 53.9 Å². The number of carboxylic acid groups (broad SMARTS) is 1. The summed E-state index contributed by atoms with van der Waals surface area (Å²) in [4.78, 5) is 32.5. The van der Waals surface area contributed by atoms with Crippen LogP contribution in [0.1, 0.15) is 12.8 Å².